The van der Waals surface area contributed by atoms with Crippen molar-refractivity contribution in [1.29, 1.82) is 0 Å². The second-order valence-corrected chi connectivity index (χ2v) is 6.74. The van der Waals surface area contributed by atoms with E-state index in [0.29, 0.717) is 35.1 Å². The standard InChI is InChI=1S/C15H18N2O3S2/c1-10-5-6-11(12(18)8-10)16-13(19)4-2-3-7-17-14(20)9-22-15(17)21/h5-6,8,18H,2-4,7,9H2,1H3,(H,16,19). The molecule has 1 aromatic carbocycles. The molecule has 22 heavy (non-hydrogen) atoms. The number of aryl methyl sites for hydroxylation is 1. The summed E-state index contributed by atoms with van der Waals surface area (Å²) < 4.78 is 0.624. The number of rotatable bonds is 6. The number of hydrogen-bond donors (Lipinski definition) is 2. The number of carbonyl (C=O) groups excluding carboxylic acids is 2. The van der Waals surface area contributed by atoms with Crippen molar-refractivity contribution >= 4 is 45.8 Å². The van der Waals surface area contributed by atoms with Crippen LogP contribution in [0.1, 0.15) is 24.8 Å². The summed E-state index contributed by atoms with van der Waals surface area (Å²) in [6.45, 7) is 2.43. The summed E-state index contributed by atoms with van der Waals surface area (Å²) in [5.41, 5.74) is 1.35. The highest BCUT2D eigenvalue weighted by Crippen LogP contribution is 2.24. The van der Waals surface area contributed by atoms with Gasteiger partial charge in [-0.15, -0.1) is 0 Å². The highest BCUT2D eigenvalue weighted by molar-refractivity contribution is 8.23. The summed E-state index contributed by atoms with van der Waals surface area (Å²) in [5, 5.41) is 12.4. The van der Waals surface area contributed by atoms with Crippen LogP contribution in [0.2, 0.25) is 0 Å². The van der Waals surface area contributed by atoms with Crippen molar-refractivity contribution in [3.8, 4) is 5.75 Å². The summed E-state index contributed by atoms with van der Waals surface area (Å²) in [6, 6.07) is 5.11. The largest absolute Gasteiger partial charge is 0.506 e. The van der Waals surface area contributed by atoms with E-state index in [1.807, 2.05) is 13.0 Å². The zero-order valence-corrected chi connectivity index (χ0v) is 13.9. The Morgan fingerprint density at radius 1 is 1.45 bits per heavy atom. The topological polar surface area (TPSA) is 69.6 Å². The molecule has 0 unspecified atom stereocenters. The monoisotopic (exact) mass is 338 g/mol. The molecular formula is C15H18N2O3S2. The molecule has 1 fully saturated rings. The van der Waals surface area contributed by atoms with E-state index >= 15 is 0 Å². The zero-order chi connectivity index (χ0) is 16.1. The third kappa shape index (κ3) is 4.45. The Balaban J connectivity index is 1.72. The quantitative estimate of drug-likeness (QED) is 0.474. The molecular weight excluding hydrogens is 320 g/mol. The fraction of sp³-hybridized carbons (Fsp3) is 0.400. The molecule has 1 heterocycles. The van der Waals surface area contributed by atoms with Gasteiger partial charge in [-0.25, -0.2) is 0 Å². The Kier molecular flexibility index (Phi) is 5.79. The Hall–Kier alpha value is -1.60. The molecule has 0 aromatic heterocycles. The van der Waals surface area contributed by atoms with Gasteiger partial charge in [-0.1, -0.05) is 30.0 Å². The van der Waals surface area contributed by atoms with Gasteiger partial charge in [0.05, 0.1) is 11.4 Å². The number of benzene rings is 1. The fourth-order valence-corrected chi connectivity index (χ4v) is 3.23. The molecule has 1 aliphatic rings. The Labute approximate surface area is 139 Å². The first-order valence-corrected chi connectivity index (χ1v) is 8.43. The van der Waals surface area contributed by atoms with Crippen LogP contribution >= 0.6 is 24.0 Å². The van der Waals surface area contributed by atoms with E-state index in [0.717, 1.165) is 12.0 Å². The van der Waals surface area contributed by atoms with Gasteiger partial charge >= 0.3 is 0 Å². The smallest absolute Gasteiger partial charge is 0.238 e. The molecule has 0 bridgehead atoms. The van der Waals surface area contributed by atoms with Gasteiger partial charge in [0.15, 0.2) is 0 Å². The number of anilines is 1. The van der Waals surface area contributed by atoms with Gasteiger partial charge in [-0.05, 0) is 37.5 Å². The minimum Gasteiger partial charge on any atom is -0.506 e. The summed E-state index contributed by atoms with van der Waals surface area (Å²) >= 11 is 6.47. The lowest BCUT2D eigenvalue weighted by atomic mass is 10.2. The maximum absolute atomic E-state index is 11.8. The minimum atomic E-state index is -0.149. The van der Waals surface area contributed by atoms with E-state index in [9.17, 15) is 14.7 Å². The number of nitrogens with zero attached hydrogens (tertiary/aromatic N) is 1. The molecule has 1 saturated heterocycles. The lowest BCUT2D eigenvalue weighted by Crippen LogP contribution is -2.29. The van der Waals surface area contributed by atoms with Gasteiger partial charge < -0.3 is 10.4 Å². The van der Waals surface area contributed by atoms with Gasteiger partial charge in [-0.3, -0.25) is 14.5 Å². The van der Waals surface area contributed by atoms with E-state index in [1.165, 1.54) is 11.8 Å². The number of thiocarbonyl (C=S) groups is 1. The summed E-state index contributed by atoms with van der Waals surface area (Å²) in [6.07, 6.45) is 1.73. The Morgan fingerprint density at radius 3 is 2.86 bits per heavy atom. The molecule has 0 spiro atoms. The molecule has 0 radical (unpaired) electrons. The van der Waals surface area contributed by atoms with E-state index in [4.69, 9.17) is 12.2 Å². The number of aromatic hydroxyl groups is 1. The van der Waals surface area contributed by atoms with E-state index in [1.54, 1.807) is 17.0 Å². The van der Waals surface area contributed by atoms with Gasteiger partial charge in [0, 0.05) is 13.0 Å². The van der Waals surface area contributed by atoms with Crippen LogP contribution in [-0.4, -0.2) is 38.4 Å². The van der Waals surface area contributed by atoms with Gasteiger partial charge in [-0.2, -0.15) is 0 Å². The molecule has 118 valence electrons. The van der Waals surface area contributed by atoms with Crippen molar-refractivity contribution in [2.75, 3.05) is 17.6 Å². The number of carbonyl (C=O) groups is 2. The van der Waals surface area contributed by atoms with Gasteiger partial charge in [0.1, 0.15) is 10.1 Å². The average Bonchev–Trinajstić information content (AvgIpc) is 2.78. The molecule has 2 N–H and O–H groups in total. The number of phenolic OH excluding ortho intramolecular Hbond substituents is 1. The zero-order valence-electron chi connectivity index (χ0n) is 12.3. The first-order valence-electron chi connectivity index (χ1n) is 7.04. The van der Waals surface area contributed by atoms with Crippen LogP contribution in [0.15, 0.2) is 18.2 Å². The second-order valence-electron chi connectivity index (χ2n) is 5.13. The van der Waals surface area contributed by atoms with Crippen LogP contribution in [0, 0.1) is 6.92 Å². The predicted octanol–water partition coefficient (Wildman–Crippen LogP) is 2.67. The maximum Gasteiger partial charge on any atom is 0.238 e. The second kappa shape index (κ2) is 7.60. The van der Waals surface area contributed by atoms with Crippen LogP contribution in [0.5, 0.6) is 5.75 Å². The van der Waals surface area contributed by atoms with Crippen molar-refractivity contribution in [2.45, 2.75) is 26.2 Å². The lowest BCUT2D eigenvalue weighted by molar-refractivity contribution is -0.124. The predicted molar refractivity (Wildman–Crippen MR) is 92.1 cm³/mol. The Morgan fingerprint density at radius 2 is 2.23 bits per heavy atom. The number of unbranched alkanes of at least 4 members (excludes halogenated alkanes) is 1. The third-order valence-electron chi connectivity index (χ3n) is 3.30. The molecule has 7 heteroatoms. The van der Waals surface area contributed by atoms with Crippen LogP contribution in [0.25, 0.3) is 0 Å². The molecule has 2 rings (SSSR count). The minimum absolute atomic E-state index is 0.0454. The maximum atomic E-state index is 11.8. The number of thioether (sulfide) groups is 1. The highest BCUT2D eigenvalue weighted by atomic mass is 32.2. The highest BCUT2D eigenvalue weighted by Gasteiger charge is 2.25. The summed E-state index contributed by atoms with van der Waals surface area (Å²) in [4.78, 5) is 25.0. The van der Waals surface area contributed by atoms with Gasteiger partial charge in [0.25, 0.3) is 0 Å². The van der Waals surface area contributed by atoms with Crippen molar-refractivity contribution in [1.82, 2.24) is 4.90 Å². The van der Waals surface area contributed by atoms with E-state index in [-0.39, 0.29) is 17.6 Å². The van der Waals surface area contributed by atoms with E-state index < -0.39 is 0 Å². The summed E-state index contributed by atoms with van der Waals surface area (Å²) in [7, 11) is 0. The molecule has 1 aromatic rings. The van der Waals surface area contributed by atoms with Crippen molar-refractivity contribution in [3.05, 3.63) is 23.8 Å². The lowest BCUT2D eigenvalue weighted by Gasteiger charge is -2.14. The molecule has 0 saturated carbocycles. The van der Waals surface area contributed by atoms with Crippen LogP contribution in [0.4, 0.5) is 5.69 Å². The van der Waals surface area contributed by atoms with Crippen molar-refractivity contribution in [3.63, 3.8) is 0 Å². The van der Waals surface area contributed by atoms with Crippen LogP contribution < -0.4 is 5.32 Å². The molecule has 2 amide bonds. The summed E-state index contributed by atoms with van der Waals surface area (Å²) in [5.74, 6) is 0.387. The van der Waals surface area contributed by atoms with Crippen LogP contribution in [-0.2, 0) is 9.59 Å². The Bertz CT molecular complexity index is 588. The van der Waals surface area contributed by atoms with Crippen molar-refractivity contribution in [2.24, 2.45) is 0 Å². The van der Waals surface area contributed by atoms with Crippen molar-refractivity contribution < 1.29 is 14.7 Å². The SMILES string of the molecule is Cc1ccc(NC(=O)CCCCN2C(=O)CSC2=S)c(O)c1. The average molecular weight is 338 g/mol. The molecule has 0 aliphatic carbocycles. The first-order chi connectivity index (χ1) is 10.5. The number of amides is 2. The third-order valence-corrected chi connectivity index (χ3v) is 4.74. The first kappa shape index (κ1) is 16.8. The molecule has 0 atom stereocenters. The number of phenols is 1. The van der Waals surface area contributed by atoms with E-state index in [2.05, 4.69) is 5.32 Å². The normalized spacial score (nSPS) is 14.5. The van der Waals surface area contributed by atoms with Gasteiger partial charge in [0.2, 0.25) is 11.8 Å². The van der Waals surface area contributed by atoms with Crippen LogP contribution in [0.3, 0.4) is 0 Å². The number of nitrogens with one attached hydrogen (secondary N) is 1. The molecule has 5 nitrogen and oxygen atoms in total. The fourth-order valence-electron chi connectivity index (χ4n) is 2.11. The number of hydrogen-bond acceptors (Lipinski definition) is 5. The molecule has 1 aliphatic heterocycles.